The maximum atomic E-state index is 11.9. The zero-order chi connectivity index (χ0) is 17.4. The predicted octanol–water partition coefficient (Wildman–Crippen LogP) is 5.19. The van der Waals surface area contributed by atoms with Crippen LogP contribution < -0.4 is 14.8 Å². The molecule has 6 heteroatoms. The molecule has 0 saturated carbocycles. The van der Waals surface area contributed by atoms with Crippen molar-refractivity contribution in [3.63, 3.8) is 0 Å². The molecule has 2 aromatic rings. The molecule has 0 unspecified atom stereocenters. The molecule has 0 saturated heterocycles. The maximum absolute atomic E-state index is 11.9. The van der Waals surface area contributed by atoms with Gasteiger partial charge in [0.25, 0.3) is 0 Å². The van der Waals surface area contributed by atoms with Gasteiger partial charge in [0.15, 0.2) is 0 Å². The lowest BCUT2D eigenvalue weighted by Crippen LogP contribution is -2.13. The summed E-state index contributed by atoms with van der Waals surface area (Å²) in [4.78, 5) is 11.9. The van der Waals surface area contributed by atoms with Crippen molar-refractivity contribution in [2.45, 2.75) is 19.8 Å². The van der Waals surface area contributed by atoms with Crippen molar-refractivity contribution in [2.24, 2.45) is 0 Å². The third-order valence-electron chi connectivity index (χ3n) is 3.16. The fourth-order valence-electron chi connectivity index (χ4n) is 2.03. The summed E-state index contributed by atoms with van der Waals surface area (Å²) in [7, 11) is 0. The van der Waals surface area contributed by atoms with Gasteiger partial charge in [-0.05, 0) is 55.8 Å². The second kappa shape index (κ2) is 9.40. The van der Waals surface area contributed by atoms with Crippen molar-refractivity contribution in [1.29, 1.82) is 0 Å². The standard InChI is InChI=1S/C18H19Cl2NO3/c1-2-23-14-6-8-15(9-7-14)24-11-3-4-18(22)21-17-10-5-13(19)12-16(17)20/h5-10,12H,2-4,11H2,1H3,(H,21,22). The zero-order valence-electron chi connectivity index (χ0n) is 13.4. The van der Waals surface area contributed by atoms with Gasteiger partial charge in [-0.1, -0.05) is 23.2 Å². The molecule has 0 spiro atoms. The van der Waals surface area contributed by atoms with Crippen molar-refractivity contribution in [1.82, 2.24) is 0 Å². The monoisotopic (exact) mass is 367 g/mol. The highest BCUT2D eigenvalue weighted by atomic mass is 35.5. The second-order valence-corrected chi connectivity index (χ2v) is 5.87. The first-order valence-corrected chi connectivity index (χ1v) is 8.44. The quantitative estimate of drug-likeness (QED) is 0.653. The highest BCUT2D eigenvalue weighted by molar-refractivity contribution is 6.36. The molecule has 0 aromatic heterocycles. The zero-order valence-corrected chi connectivity index (χ0v) is 14.9. The molecule has 0 heterocycles. The van der Waals surface area contributed by atoms with E-state index in [1.807, 2.05) is 31.2 Å². The number of ether oxygens (including phenoxy) is 2. The van der Waals surface area contributed by atoms with Gasteiger partial charge in [0.05, 0.1) is 23.9 Å². The number of nitrogens with one attached hydrogen (secondary N) is 1. The van der Waals surface area contributed by atoms with Crippen LogP contribution >= 0.6 is 23.2 Å². The summed E-state index contributed by atoms with van der Waals surface area (Å²) in [6, 6.07) is 12.4. The number of amides is 1. The van der Waals surface area contributed by atoms with E-state index in [1.54, 1.807) is 18.2 Å². The Morgan fingerprint density at radius 2 is 1.71 bits per heavy atom. The van der Waals surface area contributed by atoms with E-state index in [4.69, 9.17) is 32.7 Å². The predicted molar refractivity (Wildman–Crippen MR) is 97.4 cm³/mol. The summed E-state index contributed by atoms with van der Waals surface area (Å²) in [6.07, 6.45) is 0.945. The molecule has 0 aliphatic carbocycles. The number of carbonyl (C=O) groups is 1. The number of rotatable bonds is 8. The lowest BCUT2D eigenvalue weighted by atomic mass is 10.2. The van der Waals surface area contributed by atoms with Gasteiger partial charge in [-0.25, -0.2) is 0 Å². The van der Waals surface area contributed by atoms with Crippen LogP contribution in [0.5, 0.6) is 11.5 Å². The SMILES string of the molecule is CCOc1ccc(OCCCC(=O)Nc2ccc(Cl)cc2Cl)cc1. The lowest BCUT2D eigenvalue weighted by molar-refractivity contribution is -0.116. The first-order chi connectivity index (χ1) is 11.6. The minimum absolute atomic E-state index is 0.116. The number of hydrogen-bond acceptors (Lipinski definition) is 3. The van der Waals surface area contributed by atoms with E-state index < -0.39 is 0 Å². The Kier molecular flexibility index (Phi) is 7.22. The van der Waals surface area contributed by atoms with Gasteiger partial charge < -0.3 is 14.8 Å². The smallest absolute Gasteiger partial charge is 0.224 e. The summed E-state index contributed by atoms with van der Waals surface area (Å²) in [5.74, 6) is 1.44. The summed E-state index contributed by atoms with van der Waals surface area (Å²) in [5, 5.41) is 3.70. The average Bonchev–Trinajstić information content (AvgIpc) is 2.56. The molecule has 1 amide bonds. The van der Waals surface area contributed by atoms with Gasteiger partial charge in [0, 0.05) is 11.4 Å². The first kappa shape index (κ1) is 18.4. The van der Waals surface area contributed by atoms with Gasteiger partial charge in [0.2, 0.25) is 5.91 Å². The summed E-state index contributed by atoms with van der Waals surface area (Å²) < 4.78 is 11.0. The van der Waals surface area contributed by atoms with E-state index in [-0.39, 0.29) is 5.91 Å². The van der Waals surface area contributed by atoms with Gasteiger partial charge in [-0.3, -0.25) is 4.79 Å². The van der Waals surface area contributed by atoms with E-state index in [9.17, 15) is 4.79 Å². The van der Waals surface area contributed by atoms with Gasteiger partial charge in [-0.2, -0.15) is 0 Å². The number of hydrogen-bond donors (Lipinski definition) is 1. The Hall–Kier alpha value is -1.91. The number of benzene rings is 2. The molecule has 2 rings (SSSR count). The average molecular weight is 368 g/mol. The Morgan fingerprint density at radius 1 is 1.04 bits per heavy atom. The highest BCUT2D eigenvalue weighted by Gasteiger charge is 2.06. The van der Waals surface area contributed by atoms with Crippen LogP contribution in [0.1, 0.15) is 19.8 Å². The largest absolute Gasteiger partial charge is 0.494 e. The third-order valence-corrected chi connectivity index (χ3v) is 3.70. The fraction of sp³-hybridized carbons (Fsp3) is 0.278. The topological polar surface area (TPSA) is 47.6 Å². The van der Waals surface area contributed by atoms with E-state index in [0.29, 0.717) is 41.8 Å². The summed E-state index contributed by atoms with van der Waals surface area (Å²) in [5.41, 5.74) is 0.554. The van der Waals surface area contributed by atoms with Gasteiger partial charge in [-0.15, -0.1) is 0 Å². The van der Waals surface area contributed by atoms with Crippen molar-refractivity contribution < 1.29 is 14.3 Å². The first-order valence-electron chi connectivity index (χ1n) is 7.69. The lowest BCUT2D eigenvalue weighted by Gasteiger charge is -2.09. The Morgan fingerprint density at radius 3 is 2.33 bits per heavy atom. The fourth-order valence-corrected chi connectivity index (χ4v) is 2.48. The van der Waals surface area contributed by atoms with Crippen molar-refractivity contribution in [3.8, 4) is 11.5 Å². The Labute approximate surface area is 151 Å². The van der Waals surface area contributed by atoms with E-state index in [2.05, 4.69) is 5.32 Å². The molecule has 4 nitrogen and oxygen atoms in total. The molecule has 0 bridgehead atoms. The van der Waals surface area contributed by atoms with Crippen LogP contribution in [-0.4, -0.2) is 19.1 Å². The van der Waals surface area contributed by atoms with Crippen molar-refractivity contribution in [3.05, 3.63) is 52.5 Å². The molecule has 0 aliphatic rings. The van der Waals surface area contributed by atoms with Crippen LogP contribution in [0.2, 0.25) is 10.0 Å². The van der Waals surface area contributed by atoms with E-state index in [1.165, 1.54) is 0 Å². The van der Waals surface area contributed by atoms with Gasteiger partial charge >= 0.3 is 0 Å². The number of halogens is 2. The molecule has 0 fully saturated rings. The molecule has 0 atom stereocenters. The van der Waals surface area contributed by atoms with Crippen molar-refractivity contribution >= 4 is 34.8 Å². The number of anilines is 1. The van der Waals surface area contributed by atoms with E-state index in [0.717, 1.165) is 11.5 Å². The normalized spacial score (nSPS) is 10.3. The minimum Gasteiger partial charge on any atom is -0.494 e. The highest BCUT2D eigenvalue weighted by Crippen LogP contribution is 2.25. The van der Waals surface area contributed by atoms with Crippen LogP contribution in [0.15, 0.2) is 42.5 Å². The Bertz CT molecular complexity index is 674. The molecule has 1 N–H and O–H groups in total. The van der Waals surface area contributed by atoms with Crippen LogP contribution in [0.4, 0.5) is 5.69 Å². The summed E-state index contributed by atoms with van der Waals surface area (Å²) >= 11 is 11.8. The number of carbonyl (C=O) groups excluding carboxylic acids is 1. The van der Waals surface area contributed by atoms with Crippen LogP contribution in [0.25, 0.3) is 0 Å². The molecule has 128 valence electrons. The molecule has 2 aromatic carbocycles. The Balaban J connectivity index is 1.70. The molecular weight excluding hydrogens is 349 g/mol. The van der Waals surface area contributed by atoms with E-state index >= 15 is 0 Å². The molecule has 24 heavy (non-hydrogen) atoms. The minimum atomic E-state index is -0.116. The third kappa shape index (κ3) is 5.95. The molecular formula is C18H19Cl2NO3. The van der Waals surface area contributed by atoms with Crippen molar-refractivity contribution in [2.75, 3.05) is 18.5 Å². The molecule has 0 aliphatic heterocycles. The van der Waals surface area contributed by atoms with Gasteiger partial charge in [0.1, 0.15) is 11.5 Å². The van der Waals surface area contributed by atoms with Crippen LogP contribution in [0, 0.1) is 0 Å². The summed E-state index contributed by atoms with van der Waals surface area (Å²) in [6.45, 7) is 3.02. The van der Waals surface area contributed by atoms with Crippen LogP contribution in [-0.2, 0) is 4.79 Å². The second-order valence-electron chi connectivity index (χ2n) is 5.03. The van der Waals surface area contributed by atoms with Crippen LogP contribution in [0.3, 0.4) is 0 Å². The maximum Gasteiger partial charge on any atom is 0.224 e. The molecule has 0 radical (unpaired) electrons.